The Morgan fingerprint density at radius 2 is 1.92 bits per heavy atom. The number of ether oxygens (including phenoxy) is 1. The van der Waals surface area contributed by atoms with Crippen molar-refractivity contribution in [3.05, 3.63) is 35.6 Å². The minimum atomic E-state index is -0.224. The molecule has 26 heavy (non-hydrogen) atoms. The van der Waals surface area contributed by atoms with Crippen molar-refractivity contribution in [1.82, 2.24) is 10.6 Å². The zero-order chi connectivity index (χ0) is 18.0. The van der Waals surface area contributed by atoms with E-state index in [-0.39, 0.29) is 23.2 Å². The molecule has 0 radical (unpaired) electrons. The minimum absolute atomic E-state index is 0.0618. The summed E-state index contributed by atoms with van der Waals surface area (Å²) in [6, 6.07) is 7.20. The van der Waals surface area contributed by atoms with Gasteiger partial charge in [-0.15, -0.1) is 0 Å². The van der Waals surface area contributed by atoms with Crippen LogP contribution in [0, 0.1) is 11.7 Å². The van der Waals surface area contributed by atoms with Gasteiger partial charge in [0.25, 0.3) is 0 Å². The number of nitrogens with one attached hydrogen (secondary N) is 2. The smallest absolute Gasteiger partial charge is 0.237 e. The summed E-state index contributed by atoms with van der Waals surface area (Å²) >= 11 is 0. The third-order valence-corrected chi connectivity index (χ3v) is 6.69. The average molecular weight is 360 g/mol. The van der Waals surface area contributed by atoms with E-state index in [0.29, 0.717) is 31.7 Å². The van der Waals surface area contributed by atoms with Crippen LogP contribution in [0.3, 0.4) is 0 Å². The molecule has 4 nitrogen and oxygen atoms in total. The van der Waals surface area contributed by atoms with E-state index in [9.17, 15) is 9.18 Å². The van der Waals surface area contributed by atoms with Crippen LogP contribution in [-0.4, -0.2) is 37.7 Å². The lowest BCUT2D eigenvalue weighted by atomic mass is 9.74. The van der Waals surface area contributed by atoms with E-state index in [1.165, 1.54) is 37.8 Å². The first-order chi connectivity index (χ1) is 12.7. The molecule has 0 aromatic heterocycles. The van der Waals surface area contributed by atoms with Crippen LogP contribution in [0.25, 0.3) is 0 Å². The lowest BCUT2D eigenvalue weighted by Gasteiger charge is -2.38. The van der Waals surface area contributed by atoms with E-state index < -0.39 is 0 Å². The Morgan fingerprint density at radius 1 is 1.19 bits per heavy atom. The van der Waals surface area contributed by atoms with Gasteiger partial charge < -0.3 is 15.4 Å². The van der Waals surface area contributed by atoms with Crippen molar-refractivity contribution in [2.75, 3.05) is 19.8 Å². The molecule has 0 spiro atoms. The second kappa shape index (κ2) is 7.65. The highest BCUT2D eigenvalue weighted by Gasteiger charge is 2.40. The number of rotatable bonds is 4. The Labute approximate surface area is 154 Å². The molecule has 3 aliphatic rings. The summed E-state index contributed by atoms with van der Waals surface area (Å²) in [6.07, 6.45) is 7.68. The van der Waals surface area contributed by atoms with Crippen LogP contribution in [0.4, 0.5) is 4.39 Å². The summed E-state index contributed by atoms with van der Waals surface area (Å²) in [7, 11) is 0. The van der Waals surface area contributed by atoms with E-state index in [4.69, 9.17) is 4.74 Å². The number of fused-ring (bicyclic) bond motifs is 1. The van der Waals surface area contributed by atoms with Crippen LogP contribution in [-0.2, 0) is 14.9 Å². The molecule has 142 valence electrons. The first kappa shape index (κ1) is 17.9. The van der Waals surface area contributed by atoms with Gasteiger partial charge in [-0.2, -0.15) is 0 Å². The lowest BCUT2D eigenvalue weighted by molar-refractivity contribution is -0.123. The molecule has 2 aliphatic heterocycles. The van der Waals surface area contributed by atoms with Crippen molar-refractivity contribution in [3.63, 3.8) is 0 Å². The van der Waals surface area contributed by atoms with Gasteiger partial charge in [-0.25, -0.2) is 4.39 Å². The first-order valence-corrected chi connectivity index (χ1v) is 10.0. The molecule has 1 amide bonds. The molecule has 1 saturated carbocycles. The average Bonchev–Trinajstić information content (AvgIpc) is 3.12. The fourth-order valence-corrected chi connectivity index (χ4v) is 5.03. The maximum atomic E-state index is 13.3. The zero-order valence-electron chi connectivity index (χ0n) is 15.3. The van der Waals surface area contributed by atoms with Gasteiger partial charge in [-0.3, -0.25) is 4.79 Å². The van der Waals surface area contributed by atoms with Crippen LogP contribution in [0.1, 0.15) is 50.5 Å². The van der Waals surface area contributed by atoms with Gasteiger partial charge in [0, 0.05) is 31.2 Å². The zero-order valence-corrected chi connectivity index (χ0v) is 15.3. The highest BCUT2D eigenvalue weighted by atomic mass is 19.1. The van der Waals surface area contributed by atoms with Crippen molar-refractivity contribution in [2.24, 2.45) is 5.92 Å². The number of carbonyl (C=O) groups excluding carboxylic acids is 1. The van der Waals surface area contributed by atoms with Crippen LogP contribution in [0.2, 0.25) is 0 Å². The van der Waals surface area contributed by atoms with Crippen LogP contribution < -0.4 is 10.6 Å². The Balaban J connectivity index is 1.42. The predicted octanol–water partition coefficient (Wildman–Crippen LogP) is 2.91. The third-order valence-electron chi connectivity index (χ3n) is 6.69. The number of hydrogen-bond donors (Lipinski definition) is 2. The minimum Gasteiger partial charge on any atom is -0.381 e. The molecule has 3 fully saturated rings. The van der Waals surface area contributed by atoms with Gasteiger partial charge >= 0.3 is 0 Å². The van der Waals surface area contributed by atoms with Gasteiger partial charge in [0.1, 0.15) is 5.82 Å². The van der Waals surface area contributed by atoms with Crippen molar-refractivity contribution in [1.29, 1.82) is 0 Å². The molecule has 4 rings (SSSR count). The SMILES string of the molecule is O=C(NCC1(c2ccc(F)cc2)CCOCC1)C1CC2CCCCC2N1. The monoisotopic (exact) mass is 360 g/mol. The maximum Gasteiger partial charge on any atom is 0.237 e. The second-order valence-electron chi connectivity index (χ2n) is 8.22. The molecule has 0 bridgehead atoms. The van der Waals surface area contributed by atoms with E-state index >= 15 is 0 Å². The summed E-state index contributed by atoms with van der Waals surface area (Å²) < 4.78 is 18.9. The molecule has 2 saturated heterocycles. The van der Waals surface area contributed by atoms with Gasteiger partial charge in [-0.05, 0) is 55.7 Å². The number of benzene rings is 1. The summed E-state index contributed by atoms with van der Waals surface area (Å²) in [5.41, 5.74) is 0.933. The van der Waals surface area contributed by atoms with Crippen LogP contribution in [0.15, 0.2) is 24.3 Å². The molecule has 1 aromatic carbocycles. The highest BCUT2D eigenvalue weighted by molar-refractivity contribution is 5.82. The van der Waals surface area contributed by atoms with Crippen LogP contribution >= 0.6 is 0 Å². The largest absolute Gasteiger partial charge is 0.381 e. The van der Waals surface area contributed by atoms with Gasteiger partial charge in [-0.1, -0.05) is 25.0 Å². The van der Waals surface area contributed by atoms with E-state index in [2.05, 4.69) is 10.6 Å². The standard InChI is InChI=1S/C21H29FN2O2/c22-17-7-5-16(6-8-17)21(9-11-26-12-10-21)14-23-20(25)19-13-15-3-1-2-4-18(15)24-19/h5-8,15,18-19,24H,1-4,9-14H2,(H,23,25). The van der Waals surface area contributed by atoms with Gasteiger partial charge in [0.05, 0.1) is 6.04 Å². The summed E-state index contributed by atoms with van der Waals surface area (Å²) in [5, 5.41) is 6.76. The second-order valence-corrected chi connectivity index (χ2v) is 8.22. The van der Waals surface area contributed by atoms with Crippen LogP contribution in [0.5, 0.6) is 0 Å². The molecule has 5 heteroatoms. The summed E-state index contributed by atoms with van der Waals surface area (Å²) in [5.74, 6) is 0.554. The molecular weight excluding hydrogens is 331 g/mol. The fourth-order valence-electron chi connectivity index (χ4n) is 5.03. The first-order valence-electron chi connectivity index (χ1n) is 10.0. The number of hydrogen-bond acceptors (Lipinski definition) is 3. The molecular formula is C21H29FN2O2. The molecule has 1 aliphatic carbocycles. The molecule has 3 unspecified atom stereocenters. The maximum absolute atomic E-state index is 13.3. The molecule has 3 atom stereocenters. The molecule has 2 N–H and O–H groups in total. The van der Waals surface area contributed by atoms with Gasteiger partial charge in [0.2, 0.25) is 5.91 Å². The molecule has 1 aromatic rings. The van der Waals surface area contributed by atoms with E-state index in [1.54, 1.807) is 0 Å². The quantitative estimate of drug-likeness (QED) is 0.868. The third kappa shape index (κ3) is 3.65. The Kier molecular flexibility index (Phi) is 5.28. The Hall–Kier alpha value is -1.46. The van der Waals surface area contributed by atoms with E-state index in [0.717, 1.165) is 24.8 Å². The van der Waals surface area contributed by atoms with Crippen molar-refractivity contribution in [3.8, 4) is 0 Å². The van der Waals surface area contributed by atoms with Gasteiger partial charge in [0.15, 0.2) is 0 Å². The number of carbonyl (C=O) groups is 1. The topological polar surface area (TPSA) is 50.4 Å². The fraction of sp³-hybridized carbons (Fsp3) is 0.667. The normalized spacial score (nSPS) is 30.6. The summed E-state index contributed by atoms with van der Waals surface area (Å²) in [6.45, 7) is 1.95. The predicted molar refractivity (Wildman–Crippen MR) is 98.4 cm³/mol. The number of halogens is 1. The number of amides is 1. The highest BCUT2D eigenvalue weighted by Crippen LogP contribution is 2.35. The molecule has 2 heterocycles. The van der Waals surface area contributed by atoms with Crippen molar-refractivity contribution < 1.29 is 13.9 Å². The Morgan fingerprint density at radius 3 is 2.65 bits per heavy atom. The van der Waals surface area contributed by atoms with Crippen molar-refractivity contribution in [2.45, 2.75) is 62.4 Å². The summed E-state index contributed by atoms with van der Waals surface area (Å²) in [4.78, 5) is 12.8. The van der Waals surface area contributed by atoms with E-state index in [1.807, 2.05) is 12.1 Å². The van der Waals surface area contributed by atoms with Crippen molar-refractivity contribution >= 4 is 5.91 Å². The Bertz CT molecular complexity index is 613. The lowest BCUT2D eigenvalue weighted by Crippen LogP contribution is -2.49.